The van der Waals surface area contributed by atoms with Gasteiger partial charge < -0.3 is 15.0 Å². The molecule has 1 saturated heterocycles. The van der Waals surface area contributed by atoms with E-state index >= 15 is 0 Å². The van der Waals surface area contributed by atoms with Gasteiger partial charge in [-0.15, -0.1) is 0 Å². The summed E-state index contributed by atoms with van der Waals surface area (Å²) in [6.45, 7) is 5.77. The smallest absolute Gasteiger partial charge is 0.258 e. The van der Waals surface area contributed by atoms with Gasteiger partial charge >= 0.3 is 0 Å². The Labute approximate surface area is 181 Å². The summed E-state index contributed by atoms with van der Waals surface area (Å²) in [6, 6.07) is 13.2. The summed E-state index contributed by atoms with van der Waals surface area (Å²) in [6.07, 6.45) is 1.73. The zero-order valence-electron chi connectivity index (χ0n) is 17.2. The highest BCUT2D eigenvalue weighted by Gasteiger charge is 2.29. The number of aromatic nitrogens is 2. The van der Waals surface area contributed by atoms with Crippen molar-refractivity contribution in [2.45, 2.75) is 26.7 Å². The van der Waals surface area contributed by atoms with Crippen molar-refractivity contribution in [3.05, 3.63) is 53.1 Å². The predicted molar refractivity (Wildman–Crippen MR) is 120 cm³/mol. The number of benzene rings is 2. The normalized spacial score (nSPS) is 16.5. The molecule has 6 nitrogen and oxygen atoms in total. The standard InChI is InChI=1S/C23H25ClN4O2/c1-3-30-23-21(25-19-8-4-5-9-20(19)27-23)28-12-6-7-16(14-28)22(29)26-18-11-10-17(24)13-15(18)2/h4-5,8-11,13,16H,3,6-7,12,14H2,1-2H3,(H,26,29)/t16-/m1/s1. The summed E-state index contributed by atoms with van der Waals surface area (Å²) < 4.78 is 5.79. The molecule has 0 spiro atoms. The summed E-state index contributed by atoms with van der Waals surface area (Å²) in [7, 11) is 0. The van der Waals surface area contributed by atoms with Crippen LogP contribution < -0.4 is 15.0 Å². The van der Waals surface area contributed by atoms with Gasteiger partial charge in [-0.25, -0.2) is 9.97 Å². The number of fused-ring (bicyclic) bond motifs is 1. The van der Waals surface area contributed by atoms with Crippen molar-refractivity contribution in [3.63, 3.8) is 0 Å². The lowest BCUT2D eigenvalue weighted by Gasteiger charge is -2.33. The van der Waals surface area contributed by atoms with Gasteiger partial charge in [0.25, 0.3) is 5.88 Å². The van der Waals surface area contributed by atoms with E-state index in [1.54, 1.807) is 6.07 Å². The van der Waals surface area contributed by atoms with E-state index < -0.39 is 0 Å². The number of rotatable bonds is 5. The van der Waals surface area contributed by atoms with Gasteiger partial charge in [0.05, 0.1) is 23.6 Å². The zero-order chi connectivity index (χ0) is 21.1. The van der Waals surface area contributed by atoms with Crippen LogP contribution in [0.25, 0.3) is 11.0 Å². The summed E-state index contributed by atoms with van der Waals surface area (Å²) in [5, 5.41) is 3.72. The second kappa shape index (κ2) is 8.88. The Morgan fingerprint density at radius 3 is 2.73 bits per heavy atom. The molecular formula is C23H25ClN4O2. The number of piperidine rings is 1. The number of hydrogen-bond acceptors (Lipinski definition) is 5. The highest BCUT2D eigenvalue weighted by Crippen LogP contribution is 2.31. The molecule has 4 rings (SSSR count). The number of carbonyl (C=O) groups is 1. The van der Waals surface area contributed by atoms with Gasteiger partial charge in [0.2, 0.25) is 5.91 Å². The van der Waals surface area contributed by atoms with E-state index in [0.29, 0.717) is 29.9 Å². The molecule has 1 fully saturated rings. The van der Waals surface area contributed by atoms with Gasteiger partial charge in [-0.3, -0.25) is 4.79 Å². The molecule has 0 unspecified atom stereocenters. The number of hydrogen-bond donors (Lipinski definition) is 1. The molecule has 0 radical (unpaired) electrons. The van der Waals surface area contributed by atoms with Crippen molar-refractivity contribution >= 4 is 40.0 Å². The van der Waals surface area contributed by atoms with Crippen molar-refractivity contribution < 1.29 is 9.53 Å². The predicted octanol–water partition coefficient (Wildman–Crippen LogP) is 4.85. The molecule has 30 heavy (non-hydrogen) atoms. The van der Waals surface area contributed by atoms with Gasteiger partial charge in [0.1, 0.15) is 0 Å². The molecule has 2 heterocycles. The number of nitrogens with zero attached hydrogens (tertiary/aromatic N) is 3. The molecule has 2 aromatic carbocycles. The Hall–Kier alpha value is -2.86. The number of ether oxygens (including phenoxy) is 1. The molecule has 1 amide bonds. The summed E-state index contributed by atoms with van der Waals surface area (Å²) in [4.78, 5) is 24.6. The van der Waals surface area contributed by atoms with E-state index in [1.807, 2.05) is 50.2 Å². The Bertz CT molecular complexity index is 1070. The van der Waals surface area contributed by atoms with E-state index in [-0.39, 0.29) is 11.8 Å². The average Bonchev–Trinajstić information content (AvgIpc) is 2.75. The number of halogens is 1. The third kappa shape index (κ3) is 4.33. The lowest BCUT2D eigenvalue weighted by molar-refractivity contribution is -0.120. The minimum Gasteiger partial charge on any atom is -0.475 e. The highest BCUT2D eigenvalue weighted by atomic mass is 35.5. The summed E-state index contributed by atoms with van der Waals surface area (Å²) >= 11 is 6.03. The zero-order valence-corrected chi connectivity index (χ0v) is 17.9. The maximum absolute atomic E-state index is 13.0. The number of carbonyl (C=O) groups excluding carboxylic acids is 1. The lowest BCUT2D eigenvalue weighted by atomic mass is 9.97. The van der Waals surface area contributed by atoms with Gasteiger partial charge in [-0.05, 0) is 62.6 Å². The average molecular weight is 425 g/mol. The number of amides is 1. The van der Waals surface area contributed by atoms with Crippen LogP contribution in [0, 0.1) is 12.8 Å². The maximum Gasteiger partial charge on any atom is 0.258 e. The fraction of sp³-hybridized carbons (Fsp3) is 0.348. The van der Waals surface area contributed by atoms with Crippen LogP contribution in [0.4, 0.5) is 11.5 Å². The maximum atomic E-state index is 13.0. The Balaban J connectivity index is 1.56. The van der Waals surface area contributed by atoms with Crippen LogP contribution in [-0.4, -0.2) is 35.6 Å². The van der Waals surface area contributed by atoms with Crippen LogP contribution in [-0.2, 0) is 4.79 Å². The first-order valence-corrected chi connectivity index (χ1v) is 10.6. The first kappa shape index (κ1) is 20.4. The molecule has 1 N–H and O–H groups in total. The molecular weight excluding hydrogens is 400 g/mol. The summed E-state index contributed by atoms with van der Waals surface area (Å²) in [5.74, 6) is 1.09. The molecule has 7 heteroatoms. The molecule has 0 saturated carbocycles. The van der Waals surface area contributed by atoms with E-state index in [9.17, 15) is 4.79 Å². The van der Waals surface area contributed by atoms with Gasteiger partial charge in [0.15, 0.2) is 5.82 Å². The quantitative estimate of drug-likeness (QED) is 0.634. The molecule has 1 aliphatic rings. The topological polar surface area (TPSA) is 67.4 Å². The molecule has 1 atom stereocenters. The third-order valence-electron chi connectivity index (χ3n) is 5.34. The number of aryl methyl sites for hydroxylation is 1. The van der Waals surface area contributed by atoms with Gasteiger partial charge in [-0.1, -0.05) is 23.7 Å². The van der Waals surface area contributed by atoms with Crippen molar-refractivity contribution in [1.29, 1.82) is 0 Å². The highest BCUT2D eigenvalue weighted by molar-refractivity contribution is 6.30. The number of para-hydroxylation sites is 2. The second-order valence-electron chi connectivity index (χ2n) is 7.51. The minimum absolute atomic E-state index is 0.0110. The molecule has 0 aliphatic carbocycles. The van der Waals surface area contributed by atoms with Crippen molar-refractivity contribution in [2.24, 2.45) is 5.92 Å². The van der Waals surface area contributed by atoms with Crippen LogP contribution >= 0.6 is 11.6 Å². The Morgan fingerprint density at radius 2 is 2.00 bits per heavy atom. The fourth-order valence-electron chi connectivity index (χ4n) is 3.80. The second-order valence-corrected chi connectivity index (χ2v) is 7.94. The number of nitrogens with one attached hydrogen (secondary N) is 1. The SMILES string of the molecule is CCOc1nc2ccccc2nc1N1CCC[C@@H](C(=O)Nc2ccc(Cl)cc2C)C1. The Kier molecular flexibility index (Phi) is 6.04. The first-order chi connectivity index (χ1) is 14.5. The first-order valence-electron chi connectivity index (χ1n) is 10.3. The van der Waals surface area contributed by atoms with Crippen LogP contribution in [0.1, 0.15) is 25.3 Å². The van der Waals surface area contributed by atoms with Crippen LogP contribution in [0.2, 0.25) is 5.02 Å². The number of anilines is 2. The Morgan fingerprint density at radius 1 is 1.23 bits per heavy atom. The van der Waals surface area contributed by atoms with E-state index in [1.165, 1.54) is 0 Å². The molecule has 1 aliphatic heterocycles. The summed E-state index contributed by atoms with van der Waals surface area (Å²) in [5.41, 5.74) is 3.36. The molecule has 1 aromatic heterocycles. The third-order valence-corrected chi connectivity index (χ3v) is 5.58. The van der Waals surface area contributed by atoms with Crippen molar-refractivity contribution in [1.82, 2.24) is 9.97 Å². The van der Waals surface area contributed by atoms with Crippen molar-refractivity contribution in [2.75, 3.05) is 29.9 Å². The van der Waals surface area contributed by atoms with E-state index in [0.717, 1.165) is 41.7 Å². The van der Waals surface area contributed by atoms with Gasteiger partial charge in [-0.2, -0.15) is 0 Å². The fourth-order valence-corrected chi connectivity index (χ4v) is 4.03. The van der Waals surface area contributed by atoms with Gasteiger partial charge in [0, 0.05) is 23.8 Å². The van der Waals surface area contributed by atoms with E-state index in [2.05, 4.69) is 15.2 Å². The van der Waals surface area contributed by atoms with Crippen LogP contribution in [0.5, 0.6) is 5.88 Å². The minimum atomic E-state index is -0.142. The van der Waals surface area contributed by atoms with Crippen molar-refractivity contribution in [3.8, 4) is 5.88 Å². The van der Waals surface area contributed by atoms with Crippen LogP contribution in [0.15, 0.2) is 42.5 Å². The molecule has 0 bridgehead atoms. The van der Waals surface area contributed by atoms with Crippen LogP contribution in [0.3, 0.4) is 0 Å². The molecule has 3 aromatic rings. The largest absolute Gasteiger partial charge is 0.475 e. The lowest BCUT2D eigenvalue weighted by Crippen LogP contribution is -2.41. The molecule has 156 valence electrons. The monoisotopic (exact) mass is 424 g/mol. The van der Waals surface area contributed by atoms with E-state index in [4.69, 9.17) is 21.3 Å².